The molecule has 0 bridgehead atoms. The summed E-state index contributed by atoms with van der Waals surface area (Å²) in [5.41, 5.74) is 19.1. The number of anilines is 3. The Bertz CT molecular complexity index is 3050. The molecule has 0 unspecified atom stereocenters. The lowest BCUT2D eigenvalue weighted by Crippen LogP contribution is -2.16. The first-order chi connectivity index (χ1) is 27.3. The molecular formula is C54H41NS. The minimum Gasteiger partial charge on any atom is -0.310 e. The van der Waals surface area contributed by atoms with Crippen molar-refractivity contribution in [2.45, 2.75) is 38.5 Å². The smallest absolute Gasteiger partial charge is 0.0543 e. The van der Waals surface area contributed by atoms with Crippen LogP contribution in [0.2, 0.25) is 0 Å². The molecule has 8 aromatic carbocycles. The lowest BCUT2D eigenvalue weighted by molar-refractivity contribution is 0.660. The Hall–Kier alpha value is -6.22. The Morgan fingerprint density at radius 2 is 0.893 bits per heavy atom. The number of hydrogen-bond acceptors (Lipinski definition) is 2. The molecule has 0 saturated carbocycles. The lowest BCUT2D eigenvalue weighted by atomic mass is 9.82. The van der Waals surface area contributed by atoms with Gasteiger partial charge < -0.3 is 4.90 Å². The zero-order chi connectivity index (χ0) is 37.8. The molecule has 1 aromatic heterocycles. The van der Waals surface area contributed by atoms with Gasteiger partial charge in [0.2, 0.25) is 0 Å². The molecule has 56 heavy (non-hydrogen) atoms. The van der Waals surface area contributed by atoms with Crippen molar-refractivity contribution in [3.63, 3.8) is 0 Å². The standard InChI is InChI=1S/C54H41NS/c1-53(2)44-23-8-5-20-41(44)51-39(22-13-25-46(51)53)36-16-12-18-38(32-36)55(48-27-14-26-47-52(48)42-21-6-9-24-45(42)54(47,3)4)37-17-11-15-34(31-37)35-29-30-50-43(33-35)40-19-7-10-28-49(40)56-50/h5-33H,1-4H3. The Morgan fingerprint density at radius 3 is 1.64 bits per heavy atom. The second-order valence-electron chi connectivity index (χ2n) is 16.5. The minimum absolute atomic E-state index is 0.0604. The molecule has 9 aromatic rings. The fourth-order valence-corrected chi connectivity index (χ4v) is 11.0. The first-order valence-corrected chi connectivity index (χ1v) is 20.5. The molecule has 2 aliphatic rings. The molecule has 0 spiro atoms. The molecule has 268 valence electrons. The van der Waals surface area contributed by atoms with Gasteiger partial charge >= 0.3 is 0 Å². The third kappa shape index (κ3) is 4.79. The van der Waals surface area contributed by atoms with Crippen molar-refractivity contribution in [2.75, 3.05) is 4.90 Å². The van der Waals surface area contributed by atoms with Gasteiger partial charge in [-0.25, -0.2) is 0 Å². The highest BCUT2D eigenvalue weighted by molar-refractivity contribution is 7.25. The van der Waals surface area contributed by atoms with Crippen LogP contribution in [0, 0.1) is 0 Å². The monoisotopic (exact) mass is 735 g/mol. The SMILES string of the molecule is CC1(C)c2ccccc2-c2c(-c3cccc(N(c4cccc(-c5ccc6sc7ccccc7c6c5)c4)c4cccc5c4-c4ccccc4C5(C)C)c3)cccc21. The van der Waals surface area contributed by atoms with E-state index >= 15 is 0 Å². The van der Waals surface area contributed by atoms with Gasteiger partial charge in [-0.1, -0.05) is 155 Å². The summed E-state index contributed by atoms with van der Waals surface area (Å²) in [6.07, 6.45) is 0. The van der Waals surface area contributed by atoms with Crippen LogP contribution < -0.4 is 4.90 Å². The second kappa shape index (κ2) is 12.1. The van der Waals surface area contributed by atoms with Gasteiger partial charge in [0.1, 0.15) is 0 Å². The molecular weight excluding hydrogens is 695 g/mol. The first-order valence-electron chi connectivity index (χ1n) is 19.7. The average Bonchev–Trinajstić information content (AvgIpc) is 3.81. The second-order valence-corrected chi connectivity index (χ2v) is 17.6. The van der Waals surface area contributed by atoms with Crippen LogP contribution >= 0.6 is 11.3 Å². The van der Waals surface area contributed by atoms with Crippen LogP contribution in [0.5, 0.6) is 0 Å². The Balaban J connectivity index is 1.13. The quantitative estimate of drug-likeness (QED) is 0.170. The highest BCUT2D eigenvalue weighted by Crippen LogP contribution is 2.55. The largest absolute Gasteiger partial charge is 0.310 e. The fraction of sp³-hybridized carbons (Fsp3) is 0.111. The highest BCUT2D eigenvalue weighted by Gasteiger charge is 2.39. The van der Waals surface area contributed by atoms with Gasteiger partial charge in [0.25, 0.3) is 0 Å². The third-order valence-electron chi connectivity index (χ3n) is 12.7. The predicted molar refractivity (Wildman–Crippen MR) is 240 cm³/mol. The van der Waals surface area contributed by atoms with Gasteiger partial charge in [0, 0.05) is 47.9 Å². The maximum absolute atomic E-state index is 2.50. The molecule has 0 atom stereocenters. The van der Waals surface area contributed by atoms with E-state index in [1.54, 1.807) is 0 Å². The van der Waals surface area contributed by atoms with Crippen LogP contribution in [0.3, 0.4) is 0 Å². The Labute approximate surface area is 333 Å². The van der Waals surface area contributed by atoms with E-state index < -0.39 is 0 Å². The van der Waals surface area contributed by atoms with Crippen LogP contribution in [0.4, 0.5) is 17.1 Å². The van der Waals surface area contributed by atoms with Gasteiger partial charge in [0.05, 0.1) is 5.69 Å². The molecule has 11 rings (SSSR count). The van der Waals surface area contributed by atoms with E-state index in [9.17, 15) is 0 Å². The maximum Gasteiger partial charge on any atom is 0.0543 e. The van der Waals surface area contributed by atoms with E-state index in [0.717, 1.165) is 11.4 Å². The highest BCUT2D eigenvalue weighted by atomic mass is 32.1. The summed E-state index contributed by atoms with van der Waals surface area (Å²) in [7, 11) is 0. The number of fused-ring (bicyclic) bond motifs is 9. The molecule has 1 heterocycles. The van der Waals surface area contributed by atoms with Gasteiger partial charge in [0.15, 0.2) is 0 Å². The minimum atomic E-state index is -0.110. The lowest BCUT2D eigenvalue weighted by Gasteiger charge is -2.29. The van der Waals surface area contributed by atoms with Crippen LogP contribution in [0.25, 0.3) is 64.7 Å². The van der Waals surface area contributed by atoms with Crippen molar-refractivity contribution < 1.29 is 0 Å². The summed E-state index contributed by atoms with van der Waals surface area (Å²) in [6, 6.07) is 65.8. The van der Waals surface area contributed by atoms with E-state index in [0.29, 0.717) is 0 Å². The number of nitrogens with zero attached hydrogens (tertiary/aromatic N) is 1. The number of hydrogen-bond donors (Lipinski definition) is 0. The molecule has 0 fully saturated rings. The fourth-order valence-electron chi connectivity index (χ4n) is 9.89. The summed E-state index contributed by atoms with van der Waals surface area (Å²) < 4.78 is 2.65. The van der Waals surface area contributed by atoms with Crippen LogP contribution in [0.15, 0.2) is 176 Å². The van der Waals surface area contributed by atoms with Crippen molar-refractivity contribution in [3.05, 3.63) is 198 Å². The topological polar surface area (TPSA) is 3.24 Å². The molecule has 2 aliphatic carbocycles. The van der Waals surface area contributed by atoms with Crippen LogP contribution in [-0.2, 0) is 10.8 Å². The molecule has 0 aliphatic heterocycles. The summed E-state index contributed by atoms with van der Waals surface area (Å²) in [5, 5.41) is 2.64. The first kappa shape index (κ1) is 33.1. The van der Waals surface area contributed by atoms with Crippen molar-refractivity contribution in [1.82, 2.24) is 0 Å². The summed E-state index contributed by atoms with van der Waals surface area (Å²) >= 11 is 1.87. The summed E-state index contributed by atoms with van der Waals surface area (Å²) in [6.45, 7) is 9.46. The van der Waals surface area contributed by atoms with Crippen molar-refractivity contribution in [2.24, 2.45) is 0 Å². The average molecular weight is 736 g/mol. The van der Waals surface area contributed by atoms with Gasteiger partial charge in [-0.2, -0.15) is 0 Å². The zero-order valence-corrected chi connectivity index (χ0v) is 32.9. The molecule has 0 saturated heterocycles. The van der Waals surface area contributed by atoms with Crippen molar-refractivity contribution >= 4 is 48.6 Å². The number of benzene rings is 8. The van der Waals surface area contributed by atoms with Crippen LogP contribution in [-0.4, -0.2) is 0 Å². The van der Waals surface area contributed by atoms with E-state index in [4.69, 9.17) is 0 Å². The van der Waals surface area contributed by atoms with Crippen molar-refractivity contribution in [3.8, 4) is 44.5 Å². The summed E-state index contributed by atoms with van der Waals surface area (Å²) in [4.78, 5) is 2.50. The molecule has 2 heteroatoms. The molecule has 0 amide bonds. The normalized spacial score (nSPS) is 14.4. The molecule has 1 nitrogen and oxygen atoms in total. The predicted octanol–water partition coefficient (Wildman–Crippen LogP) is 15.5. The van der Waals surface area contributed by atoms with Gasteiger partial charge in [-0.3, -0.25) is 0 Å². The number of thiophene rings is 1. The van der Waals surface area contributed by atoms with E-state index in [1.165, 1.54) is 92.6 Å². The molecule has 0 N–H and O–H groups in total. The Kier molecular flexibility index (Phi) is 7.18. The van der Waals surface area contributed by atoms with E-state index in [1.807, 2.05) is 11.3 Å². The summed E-state index contributed by atoms with van der Waals surface area (Å²) in [5.74, 6) is 0. The van der Waals surface area contributed by atoms with Gasteiger partial charge in [-0.15, -0.1) is 11.3 Å². The Morgan fingerprint density at radius 1 is 0.375 bits per heavy atom. The number of rotatable bonds is 5. The maximum atomic E-state index is 2.50. The van der Waals surface area contributed by atoms with Gasteiger partial charge in [-0.05, 0) is 110 Å². The molecule has 0 radical (unpaired) electrons. The van der Waals surface area contributed by atoms with Crippen LogP contribution in [0.1, 0.15) is 49.9 Å². The zero-order valence-electron chi connectivity index (χ0n) is 32.1. The van der Waals surface area contributed by atoms with Crippen molar-refractivity contribution in [1.29, 1.82) is 0 Å². The third-order valence-corrected chi connectivity index (χ3v) is 13.8. The van der Waals surface area contributed by atoms with E-state index in [-0.39, 0.29) is 10.8 Å². The van der Waals surface area contributed by atoms with E-state index in [2.05, 4.69) is 209 Å².